The molecule has 1 atom stereocenters. The molecule has 5 nitrogen and oxygen atoms in total. The van der Waals surface area contributed by atoms with Crippen LogP contribution >= 0.6 is 11.6 Å². The third kappa shape index (κ3) is 3.31. The van der Waals surface area contributed by atoms with Gasteiger partial charge in [-0.25, -0.2) is 0 Å². The molecule has 1 amide bonds. The van der Waals surface area contributed by atoms with Crippen LogP contribution in [0.2, 0.25) is 5.02 Å². The van der Waals surface area contributed by atoms with Crippen LogP contribution in [0.3, 0.4) is 0 Å². The van der Waals surface area contributed by atoms with E-state index in [0.717, 1.165) is 19.4 Å². The lowest BCUT2D eigenvalue weighted by Gasteiger charge is -2.20. The maximum Gasteiger partial charge on any atom is 0.258 e. The van der Waals surface area contributed by atoms with Crippen LogP contribution in [0.5, 0.6) is 11.5 Å². The Hall–Kier alpha value is -1.46. The molecule has 22 heavy (non-hydrogen) atoms. The molecule has 2 rings (SSSR count). The van der Waals surface area contributed by atoms with Crippen LogP contribution in [-0.4, -0.2) is 49.2 Å². The Morgan fingerprint density at radius 2 is 2.32 bits per heavy atom. The minimum Gasteiger partial charge on any atom is -0.507 e. The number of phenolic OH excluding ortho intramolecular Hbond substituents is 1. The molecule has 0 aromatic heterocycles. The predicted octanol–water partition coefficient (Wildman–Crippen LogP) is 2.44. The lowest BCUT2D eigenvalue weighted by Crippen LogP contribution is -2.38. The highest BCUT2D eigenvalue weighted by Gasteiger charge is 2.25. The quantitative estimate of drug-likeness (QED) is 0.872. The third-order valence-electron chi connectivity index (χ3n) is 4.27. The highest BCUT2D eigenvalue weighted by atomic mass is 35.5. The Morgan fingerprint density at radius 3 is 2.86 bits per heavy atom. The van der Waals surface area contributed by atoms with Crippen molar-refractivity contribution in [2.75, 3.05) is 27.2 Å². The SMILES string of the molecule is CCc1cc(Cl)c(OC)c(C(=O)NCC2CCCN2C)c1O. The van der Waals surface area contributed by atoms with Crippen molar-refractivity contribution in [3.63, 3.8) is 0 Å². The lowest BCUT2D eigenvalue weighted by molar-refractivity contribution is 0.0937. The van der Waals surface area contributed by atoms with Crippen LogP contribution in [0, 0.1) is 0 Å². The first-order valence-electron chi connectivity index (χ1n) is 7.56. The number of hydrogen-bond acceptors (Lipinski definition) is 4. The molecule has 1 fully saturated rings. The molecule has 0 saturated carbocycles. The topological polar surface area (TPSA) is 61.8 Å². The van der Waals surface area contributed by atoms with E-state index >= 15 is 0 Å². The largest absolute Gasteiger partial charge is 0.507 e. The van der Waals surface area contributed by atoms with Gasteiger partial charge < -0.3 is 20.1 Å². The Labute approximate surface area is 136 Å². The average molecular weight is 327 g/mol. The average Bonchev–Trinajstić information content (AvgIpc) is 2.91. The zero-order valence-electron chi connectivity index (χ0n) is 13.3. The van der Waals surface area contributed by atoms with Crippen molar-refractivity contribution in [3.05, 3.63) is 22.2 Å². The number of carbonyl (C=O) groups excluding carboxylic acids is 1. The van der Waals surface area contributed by atoms with E-state index in [0.29, 0.717) is 29.6 Å². The number of ether oxygens (including phenoxy) is 1. The van der Waals surface area contributed by atoms with E-state index in [1.54, 1.807) is 6.07 Å². The molecule has 122 valence electrons. The number of benzene rings is 1. The fourth-order valence-electron chi connectivity index (χ4n) is 2.89. The van der Waals surface area contributed by atoms with E-state index < -0.39 is 0 Å². The van der Waals surface area contributed by atoms with E-state index in [1.165, 1.54) is 7.11 Å². The van der Waals surface area contributed by atoms with Crippen molar-refractivity contribution >= 4 is 17.5 Å². The molecule has 1 aliphatic heterocycles. The third-order valence-corrected chi connectivity index (χ3v) is 4.55. The fourth-order valence-corrected chi connectivity index (χ4v) is 3.19. The smallest absolute Gasteiger partial charge is 0.258 e. The summed E-state index contributed by atoms with van der Waals surface area (Å²) in [5.41, 5.74) is 0.751. The molecule has 1 aliphatic rings. The zero-order valence-corrected chi connectivity index (χ0v) is 14.0. The molecular weight excluding hydrogens is 304 g/mol. The van der Waals surface area contributed by atoms with Gasteiger partial charge in [0.1, 0.15) is 11.3 Å². The van der Waals surface area contributed by atoms with Crippen LogP contribution < -0.4 is 10.1 Å². The van der Waals surface area contributed by atoms with E-state index in [-0.39, 0.29) is 23.0 Å². The summed E-state index contributed by atoms with van der Waals surface area (Å²) in [5.74, 6) is -0.193. The number of carbonyl (C=O) groups is 1. The minimum atomic E-state index is -0.355. The summed E-state index contributed by atoms with van der Waals surface area (Å²) < 4.78 is 5.21. The first-order chi connectivity index (χ1) is 10.5. The molecule has 0 aliphatic carbocycles. The second kappa shape index (κ2) is 7.20. The molecule has 1 saturated heterocycles. The van der Waals surface area contributed by atoms with Crippen molar-refractivity contribution in [1.82, 2.24) is 10.2 Å². The van der Waals surface area contributed by atoms with E-state index in [4.69, 9.17) is 16.3 Å². The van der Waals surface area contributed by atoms with Crippen molar-refractivity contribution in [2.24, 2.45) is 0 Å². The molecule has 6 heteroatoms. The van der Waals surface area contributed by atoms with Gasteiger partial charge in [0.25, 0.3) is 5.91 Å². The summed E-state index contributed by atoms with van der Waals surface area (Å²) in [7, 11) is 3.49. The number of hydrogen-bond donors (Lipinski definition) is 2. The van der Waals surface area contributed by atoms with Crippen molar-refractivity contribution < 1.29 is 14.6 Å². The van der Waals surface area contributed by atoms with E-state index in [1.807, 2.05) is 6.92 Å². The summed E-state index contributed by atoms with van der Waals surface area (Å²) in [5, 5.41) is 13.5. The number of methoxy groups -OCH3 is 1. The van der Waals surface area contributed by atoms with Crippen LogP contribution in [0.4, 0.5) is 0 Å². The highest BCUT2D eigenvalue weighted by Crippen LogP contribution is 2.38. The van der Waals surface area contributed by atoms with Gasteiger partial charge in [0.05, 0.1) is 12.1 Å². The van der Waals surface area contributed by atoms with Gasteiger partial charge in [0.2, 0.25) is 0 Å². The molecular formula is C16H23ClN2O3. The van der Waals surface area contributed by atoms with Gasteiger partial charge >= 0.3 is 0 Å². The Balaban J connectivity index is 2.22. The number of likely N-dealkylation sites (tertiary alicyclic amines) is 1. The molecule has 0 bridgehead atoms. The number of aromatic hydroxyl groups is 1. The second-order valence-corrected chi connectivity index (χ2v) is 6.02. The molecule has 1 unspecified atom stereocenters. The number of rotatable bonds is 5. The zero-order chi connectivity index (χ0) is 16.3. The summed E-state index contributed by atoms with van der Waals surface area (Å²) in [6, 6.07) is 1.97. The number of nitrogens with one attached hydrogen (secondary N) is 1. The predicted molar refractivity (Wildman–Crippen MR) is 87.0 cm³/mol. The monoisotopic (exact) mass is 326 g/mol. The lowest BCUT2D eigenvalue weighted by atomic mass is 10.0. The van der Waals surface area contributed by atoms with Gasteiger partial charge in [-0.2, -0.15) is 0 Å². The fraction of sp³-hybridized carbons (Fsp3) is 0.562. The van der Waals surface area contributed by atoms with E-state index in [2.05, 4.69) is 17.3 Å². The summed E-state index contributed by atoms with van der Waals surface area (Å²) in [6.07, 6.45) is 2.79. The van der Waals surface area contributed by atoms with Crippen molar-refractivity contribution in [3.8, 4) is 11.5 Å². The first kappa shape index (κ1) is 16.9. The molecule has 2 N–H and O–H groups in total. The van der Waals surface area contributed by atoms with Crippen molar-refractivity contribution in [1.29, 1.82) is 0 Å². The van der Waals surface area contributed by atoms with E-state index in [9.17, 15) is 9.90 Å². The summed E-state index contributed by atoms with van der Waals surface area (Å²) in [6.45, 7) is 3.49. The normalized spacial score (nSPS) is 18.5. The number of halogens is 1. The van der Waals surface area contributed by atoms with Gasteiger partial charge in [-0.1, -0.05) is 18.5 Å². The number of likely N-dealkylation sites (N-methyl/N-ethyl adjacent to an activating group) is 1. The Kier molecular flexibility index (Phi) is 5.53. The van der Waals surface area contributed by atoms with Gasteiger partial charge in [0.15, 0.2) is 5.75 Å². The molecule has 0 radical (unpaired) electrons. The van der Waals surface area contributed by atoms with Crippen LogP contribution in [0.25, 0.3) is 0 Å². The number of phenols is 1. The highest BCUT2D eigenvalue weighted by molar-refractivity contribution is 6.33. The Bertz CT molecular complexity index is 563. The van der Waals surface area contributed by atoms with Gasteiger partial charge in [-0.05, 0) is 44.5 Å². The minimum absolute atomic E-state index is 0.0546. The maximum absolute atomic E-state index is 12.5. The first-order valence-corrected chi connectivity index (χ1v) is 7.94. The Morgan fingerprint density at radius 1 is 1.59 bits per heavy atom. The second-order valence-electron chi connectivity index (χ2n) is 5.61. The standard InChI is InChI=1S/C16H23ClN2O3/c1-4-10-8-12(17)15(22-3)13(14(10)20)16(21)18-9-11-6-5-7-19(11)2/h8,11,20H,4-7,9H2,1-3H3,(H,18,21). The van der Waals surface area contributed by atoms with Gasteiger partial charge in [-0.15, -0.1) is 0 Å². The molecule has 1 heterocycles. The van der Waals surface area contributed by atoms with Crippen molar-refractivity contribution in [2.45, 2.75) is 32.2 Å². The number of amides is 1. The summed E-state index contributed by atoms with van der Waals surface area (Å²) >= 11 is 6.16. The van der Waals surface area contributed by atoms with Gasteiger partial charge in [0, 0.05) is 12.6 Å². The summed E-state index contributed by atoms with van der Waals surface area (Å²) in [4.78, 5) is 14.7. The molecule has 0 spiro atoms. The van der Waals surface area contributed by atoms with Crippen LogP contribution in [-0.2, 0) is 6.42 Å². The molecule has 1 aromatic carbocycles. The molecule has 1 aromatic rings. The van der Waals surface area contributed by atoms with Crippen LogP contribution in [0.15, 0.2) is 6.07 Å². The number of aryl methyl sites for hydroxylation is 1. The van der Waals surface area contributed by atoms with Gasteiger partial charge in [-0.3, -0.25) is 4.79 Å². The maximum atomic E-state index is 12.5. The van der Waals surface area contributed by atoms with Crippen LogP contribution in [0.1, 0.15) is 35.7 Å². The number of nitrogens with zero attached hydrogens (tertiary/aromatic N) is 1.